The number of nitrogens with zero attached hydrogens (tertiary/aromatic N) is 1. The third-order valence-electron chi connectivity index (χ3n) is 1.59. The van der Waals surface area contributed by atoms with E-state index >= 15 is 0 Å². The largest absolute Gasteiger partial charge is 1.00 e. The summed E-state index contributed by atoms with van der Waals surface area (Å²) in [6.07, 6.45) is 4.94. The van der Waals surface area contributed by atoms with Gasteiger partial charge in [-0.05, 0) is 12.8 Å². The van der Waals surface area contributed by atoms with E-state index in [0.717, 1.165) is 26.3 Å². The van der Waals surface area contributed by atoms with Crippen molar-refractivity contribution in [2.24, 2.45) is 0 Å². The molecule has 0 radical (unpaired) electrons. The van der Waals surface area contributed by atoms with Gasteiger partial charge in [0, 0.05) is 13.2 Å². The molecule has 1 aliphatic rings. The first-order valence-electron chi connectivity index (χ1n) is 5.12. The summed E-state index contributed by atoms with van der Waals surface area (Å²) in [4.78, 5) is 0. The maximum atomic E-state index is 4.94. The Balaban J connectivity index is 0. The SMILES string of the molecule is C1CCOC1.CCC[N-]CCC.[Li+]. The summed E-state index contributed by atoms with van der Waals surface area (Å²) in [6, 6.07) is 0. The van der Waals surface area contributed by atoms with Crippen molar-refractivity contribution < 1.29 is 23.6 Å². The van der Waals surface area contributed by atoms with Gasteiger partial charge in [-0.25, -0.2) is 0 Å². The molecule has 0 aromatic rings. The van der Waals surface area contributed by atoms with Crippen LogP contribution in [0.25, 0.3) is 5.32 Å². The molecule has 1 rings (SSSR count). The molecule has 1 fully saturated rings. The summed E-state index contributed by atoms with van der Waals surface area (Å²) in [5.41, 5.74) is 0. The Morgan fingerprint density at radius 3 is 1.69 bits per heavy atom. The molecule has 0 spiro atoms. The fourth-order valence-electron chi connectivity index (χ4n) is 0.938. The van der Waals surface area contributed by atoms with E-state index < -0.39 is 0 Å². The van der Waals surface area contributed by atoms with Crippen LogP contribution in [-0.4, -0.2) is 26.3 Å². The average molecular weight is 179 g/mol. The van der Waals surface area contributed by atoms with Crippen LogP contribution in [0.5, 0.6) is 0 Å². The van der Waals surface area contributed by atoms with E-state index in [1.807, 2.05) is 0 Å². The topological polar surface area (TPSA) is 23.3 Å². The molecule has 0 bridgehead atoms. The Hall–Kier alpha value is 0.517. The van der Waals surface area contributed by atoms with Crippen molar-refractivity contribution in [3.63, 3.8) is 0 Å². The van der Waals surface area contributed by atoms with Gasteiger partial charge in [0.15, 0.2) is 0 Å². The molecule has 13 heavy (non-hydrogen) atoms. The van der Waals surface area contributed by atoms with Gasteiger partial charge in [-0.2, -0.15) is 0 Å². The number of hydrogen-bond acceptors (Lipinski definition) is 1. The fraction of sp³-hybridized carbons (Fsp3) is 1.00. The zero-order chi connectivity index (χ0) is 9.07. The van der Waals surface area contributed by atoms with E-state index in [0.29, 0.717) is 0 Å². The van der Waals surface area contributed by atoms with Crippen LogP contribution in [0.1, 0.15) is 39.5 Å². The smallest absolute Gasteiger partial charge is 0.662 e. The Labute approximate surface area is 95.0 Å². The molecule has 0 unspecified atom stereocenters. The maximum absolute atomic E-state index is 4.94. The molecule has 0 atom stereocenters. The van der Waals surface area contributed by atoms with Gasteiger partial charge in [0.2, 0.25) is 0 Å². The Morgan fingerprint density at radius 2 is 1.46 bits per heavy atom. The number of rotatable bonds is 4. The molecule has 2 nitrogen and oxygen atoms in total. The molecule has 0 saturated carbocycles. The Kier molecular flexibility index (Phi) is 18.4. The second kappa shape index (κ2) is 15.0. The van der Waals surface area contributed by atoms with Crippen LogP contribution in [0.15, 0.2) is 0 Å². The van der Waals surface area contributed by atoms with Gasteiger partial charge in [-0.1, -0.05) is 26.7 Å². The van der Waals surface area contributed by atoms with Crippen LogP contribution in [0, 0.1) is 0 Å². The van der Waals surface area contributed by atoms with E-state index in [-0.39, 0.29) is 18.9 Å². The van der Waals surface area contributed by atoms with E-state index in [2.05, 4.69) is 19.2 Å². The minimum Gasteiger partial charge on any atom is -0.662 e. The molecule has 1 heterocycles. The second-order valence-electron chi connectivity index (χ2n) is 2.99. The van der Waals surface area contributed by atoms with Crippen LogP contribution in [0.3, 0.4) is 0 Å². The molecule has 0 aliphatic carbocycles. The fourth-order valence-corrected chi connectivity index (χ4v) is 0.938. The summed E-state index contributed by atoms with van der Waals surface area (Å²) >= 11 is 0. The molecular weight excluding hydrogens is 157 g/mol. The number of hydrogen-bond donors (Lipinski definition) is 0. The predicted molar refractivity (Wildman–Crippen MR) is 53.7 cm³/mol. The molecule has 0 aromatic carbocycles. The predicted octanol–water partition coefficient (Wildman–Crippen LogP) is -0.0191. The van der Waals surface area contributed by atoms with Crippen LogP contribution < -0.4 is 18.9 Å². The molecule has 1 saturated heterocycles. The molecule has 1 aliphatic heterocycles. The van der Waals surface area contributed by atoms with Crippen molar-refractivity contribution in [3.05, 3.63) is 5.32 Å². The summed E-state index contributed by atoms with van der Waals surface area (Å²) < 4.78 is 4.94. The van der Waals surface area contributed by atoms with Crippen molar-refractivity contribution in [2.75, 3.05) is 26.3 Å². The van der Waals surface area contributed by atoms with Crippen molar-refractivity contribution >= 4 is 0 Å². The molecule has 0 N–H and O–H groups in total. The normalized spacial score (nSPS) is 14.3. The standard InChI is InChI=1S/C6H14N.C4H8O.Li/c1-3-5-7-6-4-2;1-2-4-5-3-1;/h3-6H2,1-2H3;1-4H2;/q-1;;+1. The zero-order valence-electron chi connectivity index (χ0n) is 9.51. The second-order valence-corrected chi connectivity index (χ2v) is 2.99. The monoisotopic (exact) mass is 179 g/mol. The molecular formula is C10H22LiNO. The van der Waals surface area contributed by atoms with Crippen molar-refractivity contribution in [3.8, 4) is 0 Å². The molecule has 0 aromatic heterocycles. The summed E-state index contributed by atoms with van der Waals surface area (Å²) in [5, 5.41) is 4.21. The maximum Gasteiger partial charge on any atom is 1.00 e. The zero-order valence-corrected chi connectivity index (χ0v) is 9.51. The van der Waals surface area contributed by atoms with Crippen molar-refractivity contribution in [1.29, 1.82) is 0 Å². The van der Waals surface area contributed by atoms with Crippen LogP contribution in [-0.2, 0) is 4.74 Å². The molecule has 74 valence electrons. The van der Waals surface area contributed by atoms with E-state index in [1.54, 1.807) is 0 Å². The first-order valence-corrected chi connectivity index (χ1v) is 5.12. The minimum absolute atomic E-state index is 0. The van der Waals surface area contributed by atoms with Gasteiger partial charge < -0.3 is 10.1 Å². The third kappa shape index (κ3) is 15.3. The van der Waals surface area contributed by atoms with Gasteiger partial charge in [0.05, 0.1) is 0 Å². The first-order chi connectivity index (χ1) is 5.91. The summed E-state index contributed by atoms with van der Waals surface area (Å²) in [6.45, 7) is 8.40. The van der Waals surface area contributed by atoms with E-state index in [1.165, 1.54) is 25.7 Å². The minimum atomic E-state index is 0. The molecule has 0 amide bonds. The van der Waals surface area contributed by atoms with Gasteiger partial charge >= 0.3 is 18.9 Å². The van der Waals surface area contributed by atoms with Crippen LogP contribution in [0.4, 0.5) is 0 Å². The third-order valence-corrected chi connectivity index (χ3v) is 1.59. The van der Waals surface area contributed by atoms with Gasteiger partial charge in [-0.15, -0.1) is 13.1 Å². The van der Waals surface area contributed by atoms with Crippen LogP contribution in [0.2, 0.25) is 0 Å². The number of ether oxygens (including phenoxy) is 1. The van der Waals surface area contributed by atoms with E-state index in [4.69, 9.17) is 4.74 Å². The van der Waals surface area contributed by atoms with Crippen LogP contribution >= 0.6 is 0 Å². The van der Waals surface area contributed by atoms with Gasteiger partial charge in [0.1, 0.15) is 0 Å². The van der Waals surface area contributed by atoms with E-state index in [9.17, 15) is 0 Å². The van der Waals surface area contributed by atoms with Gasteiger partial charge in [0.25, 0.3) is 0 Å². The average Bonchev–Trinajstić information content (AvgIpc) is 2.62. The first kappa shape index (κ1) is 16.0. The quantitative estimate of drug-likeness (QED) is 0.439. The molecule has 3 heteroatoms. The van der Waals surface area contributed by atoms with Crippen molar-refractivity contribution in [2.45, 2.75) is 39.5 Å². The summed E-state index contributed by atoms with van der Waals surface area (Å²) in [5.74, 6) is 0. The summed E-state index contributed by atoms with van der Waals surface area (Å²) in [7, 11) is 0. The Morgan fingerprint density at radius 1 is 1.00 bits per heavy atom. The van der Waals surface area contributed by atoms with Crippen molar-refractivity contribution in [1.82, 2.24) is 0 Å². The van der Waals surface area contributed by atoms with Gasteiger partial charge in [-0.3, -0.25) is 0 Å². The Bertz CT molecular complexity index is 65.7.